The number of fused-ring (bicyclic) bond motifs is 1. The normalized spacial score (nSPS) is 18.5. The third kappa shape index (κ3) is 3.18. The Balaban J connectivity index is 1.90. The number of rotatable bonds is 3. The minimum atomic E-state index is -1.37. The Bertz CT molecular complexity index is 905. The fourth-order valence-electron chi connectivity index (χ4n) is 2.96. The van der Waals surface area contributed by atoms with Gasteiger partial charge in [0.25, 0.3) is 5.91 Å². The number of hydrogen-bond donors (Lipinski definition) is 1. The van der Waals surface area contributed by atoms with Crippen LogP contribution < -0.4 is 5.32 Å². The third-order valence-electron chi connectivity index (χ3n) is 4.39. The van der Waals surface area contributed by atoms with Crippen molar-refractivity contribution in [2.24, 2.45) is 0 Å². The van der Waals surface area contributed by atoms with Crippen molar-refractivity contribution in [2.75, 3.05) is 12.4 Å². The van der Waals surface area contributed by atoms with Crippen molar-refractivity contribution in [2.45, 2.75) is 25.9 Å². The molecule has 6 heteroatoms. The van der Waals surface area contributed by atoms with Crippen LogP contribution in [0.2, 0.25) is 0 Å². The Morgan fingerprint density at radius 1 is 1.19 bits per heavy atom. The largest absolute Gasteiger partial charge is 0.465 e. The van der Waals surface area contributed by atoms with Gasteiger partial charge in [0.2, 0.25) is 0 Å². The fraction of sp³-hybridized carbons (Fsp3) is 0.250. The highest BCUT2D eigenvalue weighted by Gasteiger charge is 2.42. The SMILES string of the molecule is COC(=O)c1cc(C)ccc1NC(=O)[C@]1(C)Cc2ccccc2C(=O)O1. The molecule has 0 spiro atoms. The molecule has 1 aliphatic heterocycles. The molecule has 134 valence electrons. The van der Waals surface area contributed by atoms with Crippen molar-refractivity contribution in [1.82, 2.24) is 0 Å². The fourth-order valence-corrected chi connectivity index (χ4v) is 2.96. The molecular formula is C20H19NO5. The van der Waals surface area contributed by atoms with Gasteiger partial charge in [-0.15, -0.1) is 0 Å². The number of anilines is 1. The van der Waals surface area contributed by atoms with Crippen molar-refractivity contribution in [3.8, 4) is 0 Å². The molecule has 0 radical (unpaired) electrons. The molecule has 26 heavy (non-hydrogen) atoms. The van der Waals surface area contributed by atoms with Crippen LogP contribution in [-0.2, 0) is 20.7 Å². The molecule has 0 saturated carbocycles. The van der Waals surface area contributed by atoms with Crippen LogP contribution in [0.4, 0.5) is 5.69 Å². The molecule has 1 amide bonds. The van der Waals surface area contributed by atoms with Gasteiger partial charge in [0, 0.05) is 6.42 Å². The quantitative estimate of drug-likeness (QED) is 0.858. The first-order chi connectivity index (χ1) is 12.3. The molecule has 1 N–H and O–H groups in total. The summed E-state index contributed by atoms with van der Waals surface area (Å²) in [4.78, 5) is 37.1. The maximum Gasteiger partial charge on any atom is 0.339 e. The molecule has 6 nitrogen and oxygen atoms in total. The molecular weight excluding hydrogens is 334 g/mol. The summed E-state index contributed by atoms with van der Waals surface area (Å²) in [5.74, 6) is -1.60. The Morgan fingerprint density at radius 3 is 2.65 bits per heavy atom. The number of amides is 1. The lowest BCUT2D eigenvalue weighted by atomic mass is 9.89. The average Bonchev–Trinajstić information content (AvgIpc) is 2.62. The molecule has 0 bridgehead atoms. The number of carbonyl (C=O) groups is 3. The highest BCUT2D eigenvalue weighted by atomic mass is 16.6. The van der Waals surface area contributed by atoms with Gasteiger partial charge in [-0.25, -0.2) is 9.59 Å². The maximum absolute atomic E-state index is 12.9. The summed E-state index contributed by atoms with van der Waals surface area (Å²) in [7, 11) is 1.28. The van der Waals surface area contributed by atoms with E-state index >= 15 is 0 Å². The molecule has 0 fully saturated rings. The lowest BCUT2D eigenvalue weighted by Crippen LogP contribution is -2.49. The molecule has 1 aliphatic rings. The standard InChI is InChI=1S/C20H19NO5/c1-12-8-9-16(15(10-12)17(22)25-3)21-19(24)20(2)11-13-6-4-5-7-14(13)18(23)26-20/h4-10H,11H2,1-3H3,(H,21,24)/t20-/m0/s1. The van der Waals surface area contributed by atoms with Crippen LogP contribution >= 0.6 is 0 Å². The zero-order valence-corrected chi connectivity index (χ0v) is 14.8. The molecule has 2 aromatic rings. The lowest BCUT2D eigenvalue weighted by molar-refractivity contribution is -0.134. The Kier molecular flexibility index (Phi) is 4.50. The number of nitrogens with one attached hydrogen (secondary N) is 1. The third-order valence-corrected chi connectivity index (χ3v) is 4.39. The second-order valence-corrected chi connectivity index (χ2v) is 6.45. The van der Waals surface area contributed by atoms with Gasteiger partial charge in [-0.2, -0.15) is 0 Å². The molecule has 0 unspecified atom stereocenters. The Labute approximate surface area is 151 Å². The van der Waals surface area contributed by atoms with Gasteiger partial charge in [-0.3, -0.25) is 4.79 Å². The van der Waals surface area contributed by atoms with Crippen LogP contribution in [0.1, 0.15) is 38.8 Å². The van der Waals surface area contributed by atoms with Gasteiger partial charge < -0.3 is 14.8 Å². The van der Waals surface area contributed by atoms with E-state index in [9.17, 15) is 14.4 Å². The van der Waals surface area contributed by atoms with E-state index in [2.05, 4.69) is 5.32 Å². The van der Waals surface area contributed by atoms with Crippen molar-refractivity contribution >= 4 is 23.5 Å². The van der Waals surface area contributed by atoms with E-state index in [1.165, 1.54) is 7.11 Å². The number of carbonyl (C=O) groups excluding carboxylic acids is 3. The summed E-state index contributed by atoms with van der Waals surface area (Å²) in [5.41, 5.74) is 1.24. The van der Waals surface area contributed by atoms with Crippen LogP contribution in [0.3, 0.4) is 0 Å². The molecule has 0 aliphatic carbocycles. The zero-order chi connectivity index (χ0) is 18.9. The van der Waals surface area contributed by atoms with E-state index in [4.69, 9.17) is 9.47 Å². The minimum absolute atomic E-state index is 0.243. The van der Waals surface area contributed by atoms with E-state index in [0.29, 0.717) is 11.3 Å². The maximum atomic E-state index is 12.9. The summed E-state index contributed by atoms with van der Waals surface area (Å²) in [5, 5.41) is 2.70. The average molecular weight is 353 g/mol. The van der Waals surface area contributed by atoms with Crippen LogP contribution in [0.15, 0.2) is 42.5 Å². The highest BCUT2D eigenvalue weighted by Crippen LogP contribution is 2.30. The smallest absolute Gasteiger partial charge is 0.339 e. The number of hydrogen-bond acceptors (Lipinski definition) is 5. The van der Waals surface area contributed by atoms with E-state index in [1.54, 1.807) is 43.3 Å². The second kappa shape index (κ2) is 6.63. The number of aryl methyl sites for hydroxylation is 1. The lowest BCUT2D eigenvalue weighted by Gasteiger charge is -2.33. The molecule has 3 rings (SSSR count). The topological polar surface area (TPSA) is 81.7 Å². The molecule has 2 aromatic carbocycles. The van der Waals surface area contributed by atoms with Crippen LogP contribution in [0, 0.1) is 6.92 Å². The van der Waals surface area contributed by atoms with Gasteiger partial charge in [0.15, 0.2) is 5.60 Å². The number of benzene rings is 2. The summed E-state index contributed by atoms with van der Waals surface area (Å²) in [6.07, 6.45) is 0.250. The van der Waals surface area contributed by atoms with Gasteiger partial charge in [0.1, 0.15) is 0 Å². The van der Waals surface area contributed by atoms with Gasteiger partial charge in [-0.1, -0.05) is 29.8 Å². The van der Waals surface area contributed by atoms with Crippen LogP contribution in [0.25, 0.3) is 0 Å². The number of methoxy groups -OCH3 is 1. The van der Waals surface area contributed by atoms with E-state index < -0.39 is 23.4 Å². The number of cyclic esters (lactones) is 1. The second-order valence-electron chi connectivity index (χ2n) is 6.45. The monoisotopic (exact) mass is 353 g/mol. The predicted octanol–water partition coefficient (Wildman–Crippen LogP) is 2.89. The van der Waals surface area contributed by atoms with Crippen molar-refractivity contribution < 1.29 is 23.9 Å². The van der Waals surface area contributed by atoms with Gasteiger partial charge in [-0.05, 0) is 37.6 Å². The Hall–Kier alpha value is -3.15. The summed E-state index contributed by atoms with van der Waals surface area (Å²) in [6.45, 7) is 3.39. The van der Waals surface area contributed by atoms with E-state index in [-0.39, 0.29) is 12.0 Å². The molecule has 1 atom stereocenters. The number of esters is 2. The van der Waals surface area contributed by atoms with Gasteiger partial charge >= 0.3 is 11.9 Å². The highest BCUT2D eigenvalue weighted by molar-refractivity contribution is 6.06. The van der Waals surface area contributed by atoms with E-state index in [0.717, 1.165) is 11.1 Å². The summed E-state index contributed by atoms with van der Waals surface area (Å²) < 4.78 is 10.2. The molecule has 0 aromatic heterocycles. The number of ether oxygens (including phenoxy) is 2. The van der Waals surface area contributed by atoms with Gasteiger partial charge in [0.05, 0.1) is 23.9 Å². The first-order valence-electron chi connectivity index (χ1n) is 8.16. The summed E-state index contributed by atoms with van der Waals surface area (Å²) >= 11 is 0. The summed E-state index contributed by atoms with van der Waals surface area (Å²) in [6, 6.07) is 12.1. The first-order valence-corrected chi connectivity index (χ1v) is 8.16. The van der Waals surface area contributed by atoms with Crippen LogP contribution in [0.5, 0.6) is 0 Å². The minimum Gasteiger partial charge on any atom is -0.465 e. The van der Waals surface area contributed by atoms with E-state index in [1.807, 2.05) is 13.0 Å². The predicted molar refractivity (Wildman–Crippen MR) is 95.1 cm³/mol. The molecule has 0 saturated heterocycles. The van der Waals surface area contributed by atoms with Crippen molar-refractivity contribution in [3.63, 3.8) is 0 Å². The van der Waals surface area contributed by atoms with Crippen LogP contribution in [-0.4, -0.2) is 30.6 Å². The van der Waals surface area contributed by atoms with Crippen molar-refractivity contribution in [3.05, 3.63) is 64.7 Å². The zero-order valence-electron chi connectivity index (χ0n) is 14.8. The Morgan fingerprint density at radius 2 is 1.92 bits per heavy atom. The van der Waals surface area contributed by atoms with Crippen molar-refractivity contribution in [1.29, 1.82) is 0 Å². The molecule has 1 heterocycles. The first kappa shape index (κ1) is 17.7.